The summed E-state index contributed by atoms with van der Waals surface area (Å²) < 4.78 is 5.48. The van der Waals surface area contributed by atoms with E-state index in [0.717, 1.165) is 6.61 Å². The molecule has 1 N–H and O–H groups in total. The Balaban J connectivity index is 3.02. The van der Waals surface area contributed by atoms with Gasteiger partial charge in [0.15, 0.2) is 0 Å². The molecule has 0 unspecified atom stereocenters. The van der Waals surface area contributed by atoms with Crippen molar-refractivity contribution in [3.8, 4) is 0 Å². The Labute approximate surface area is 72.7 Å². The number of nitrogens with one attached hydrogen (secondary N) is 1. The van der Waals surface area contributed by atoms with Gasteiger partial charge in [-0.1, -0.05) is 13.3 Å². The lowest BCUT2D eigenvalue weighted by atomic mass is 10.1. The van der Waals surface area contributed by atoms with Crippen molar-refractivity contribution in [1.82, 2.24) is 4.98 Å². The molecule has 0 fully saturated rings. The zero-order valence-electron chi connectivity index (χ0n) is 8.24. The van der Waals surface area contributed by atoms with E-state index in [9.17, 15) is 0 Å². The summed E-state index contributed by atoms with van der Waals surface area (Å²) in [5.74, 6) is 0. The van der Waals surface area contributed by atoms with Crippen molar-refractivity contribution in [2.75, 3.05) is 6.61 Å². The van der Waals surface area contributed by atoms with E-state index < -0.39 is 9.92 Å². The highest BCUT2D eigenvalue weighted by Gasteiger charge is 2.07. The monoisotopic (exact) mass is 175 g/mol. The molecule has 0 aromatic carbocycles. The number of rotatable bonds is 5. The first-order valence-electron chi connectivity index (χ1n) is 4.39. The molecule has 0 aliphatic carbocycles. The lowest BCUT2D eigenvalue weighted by molar-refractivity contribution is 0.309. The Morgan fingerprint density at radius 3 is 2.45 bits per heavy atom. The normalized spacial score (nSPS) is 13.1. The van der Waals surface area contributed by atoms with Crippen LogP contribution in [-0.4, -0.2) is 22.1 Å². The molecule has 0 aromatic rings. The predicted octanol–water partition coefficient (Wildman–Crippen LogP) is 1.19. The van der Waals surface area contributed by atoms with E-state index >= 15 is 0 Å². The van der Waals surface area contributed by atoms with Gasteiger partial charge in [-0.15, -0.1) is 0 Å². The molecule has 0 aliphatic rings. The minimum Gasteiger partial charge on any atom is -0.409 e. The van der Waals surface area contributed by atoms with Crippen molar-refractivity contribution >= 4 is 9.92 Å². The average Bonchev–Trinajstić information content (AvgIpc) is 1.85. The van der Waals surface area contributed by atoms with Crippen LogP contribution in [-0.2, 0) is 4.43 Å². The van der Waals surface area contributed by atoms with Gasteiger partial charge < -0.3 is 9.41 Å². The molecule has 0 radical (unpaired) electrons. The molecule has 2 nitrogen and oxygen atoms in total. The van der Waals surface area contributed by atoms with Gasteiger partial charge in [0.2, 0.25) is 9.92 Å². The zero-order valence-corrected chi connectivity index (χ0v) is 9.65. The molecular weight excluding hydrogens is 154 g/mol. The highest BCUT2D eigenvalue weighted by atomic mass is 28.2. The van der Waals surface area contributed by atoms with E-state index in [1.165, 1.54) is 12.8 Å². The Morgan fingerprint density at radius 1 is 1.36 bits per heavy atom. The van der Waals surface area contributed by atoms with Crippen LogP contribution in [0.5, 0.6) is 0 Å². The van der Waals surface area contributed by atoms with Crippen molar-refractivity contribution in [1.29, 1.82) is 0 Å². The number of unbranched alkanes of at least 4 members (excludes halogenated alkanes) is 1. The van der Waals surface area contributed by atoms with Gasteiger partial charge in [0.25, 0.3) is 0 Å². The fraction of sp³-hybridized carbons (Fsp3) is 1.00. The molecule has 0 saturated heterocycles. The second-order valence-corrected chi connectivity index (χ2v) is 4.88. The maximum absolute atomic E-state index is 5.48. The molecule has 3 heteroatoms. The van der Waals surface area contributed by atoms with Gasteiger partial charge in [0.1, 0.15) is 0 Å². The van der Waals surface area contributed by atoms with Crippen molar-refractivity contribution in [2.45, 2.75) is 46.1 Å². The van der Waals surface area contributed by atoms with Crippen LogP contribution in [0.25, 0.3) is 0 Å². The van der Waals surface area contributed by atoms with Gasteiger partial charge in [-0.05, 0) is 27.2 Å². The molecule has 0 atom stereocenters. The lowest BCUT2D eigenvalue weighted by Crippen LogP contribution is -2.39. The first kappa shape index (κ1) is 11.1. The van der Waals surface area contributed by atoms with Gasteiger partial charge in [0.05, 0.1) is 0 Å². The number of hydrogen-bond acceptors (Lipinski definition) is 2. The third kappa shape index (κ3) is 10.1. The maximum atomic E-state index is 5.48. The van der Waals surface area contributed by atoms with Crippen molar-refractivity contribution in [2.24, 2.45) is 0 Å². The first-order chi connectivity index (χ1) is 5.06. The summed E-state index contributed by atoms with van der Waals surface area (Å²) >= 11 is 0. The molecule has 0 bridgehead atoms. The van der Waals surface area contributed by atoms with E-state index in [2.05, 4.69) is 32.7 Å². The Kier molecular flexibility index (Phi) is 5.82. The lowest BCUT2D eigenvalue weighted by Gasteiger charge is -2.19. The summed E-state index contributed by atoms with van der Waals surface area (Å²) in [5.41, 5.74) is 0.235. The highest BCUT2D eigenvalue weighted by Crippen LogP contribution is 1.96. The van der Waals surface area contributed by atoms with Gasteiger partial charge in [-0.2, -0.15) is 0 Å². The average molecular weight is 175 g/mol. The van der Waals surface area contributed by atoms with Crippen LogP contribution >= 0.6 is 0 Å². The molecular formula is C8H21NOSi. The maximum Gasteiger partial charge on any atom is 0.236 e. The fourth-order valence-corrected chi connectivity index (χ4v) is 1.47. The second kappa shape index (κ2) is 5.74. The SMILES string of the molecule is CCCCO[SiH2]NC(C)(C)C. The molecule has 0 rings (SSSR count). The van der Waals surface area contributed by atoms with E-state index in [1.54, 1.807) is 0 Å². The van der Waals surface area contributed by atoms with Gasteiger partial charge in [-0.25, -0.2) is 0 Å². The first-order valence-corrected chi connectivity index (χ1v) is 5.67. The summed E-state index contributed by atoms with van der Waals surface area (Å²) in [7, 11) is -0.463. The molecule has 11 heavy (non-hydrogen) atoms. The fourth-order valence-electron chi connectivity index (χ4n) is 0.586. The molecule has 0 aromatic heterocycles. The zero-order chi connectivity index (χ0) is 8.74. The molecule has 0 saturated carbocycles. The Morgan fingerprint density at radius 2 is 2.00 bits per heavy atom. The van der Waals surface area contributed by atoms with E-state index in [4.69, 9.17) is 4.43 Å². The molecule has 0 spiro atoms. The highest BCUT2D eigenvalue weighted by molar-refractivity contribution is 6.23. The minimum absolute atomic E-state index is 0.235. The van der Waals surface area contributed by atoms with Crippen molar-refractivity contribution in [3.63, 3.8) is 0 Å². The quantitative estimate of drug-likeness (QED) is 0.500. The van der Waals surface area contributed by atoms with Crippen LogP contribution in [0.15, 0.2) is 0 Å². The van der Waals surface area contributed by atoms with Crippen LogP contribution in [0.2, 0.25) is 0 Å². The van der Waals surface area contributed by atoms with Crippen LogP contribution in [0, 0.1) is 0 Å². The summed E-state index contributed by atoms with van der Waals surface area (Å²) in [6.45, 7) is 9.63. The third-order valence-electron chi connectivity index (χ3n) is 1.35. The van der Waals surface area contributed by atoms with E-state index in [0.29, 0.717) is 0 Å². The third-order valence-corrected chi connectivity index (χ3v) is 3.04. The standard InChI is InChI=1S/C8H21NOSi/c1-5-6-7-10-11-9-8(2,3)4/h9H,5-7,11H2,1-4H3. The molecule has 0 heterocycles. The summed E-state index contributed by atoms with van der Waals surface area (Å²) in [6.07, 6.45) is 2.42. The van der Waals surface area contributed by atoms with Crippen molar-refractivity contribution < 1.29 is 4.43 Å². The molecule has 68 valence electrons. The second-order valence-electron chi connectivity index (χ2n) is 3.83. The van der Waals surface area contributed by atoms with E-state index in [1.807, 2.05) is 0 Å². The van der Waals surface area contributed by atoms with Crippen LogP contribution < -0.4 is 4.98 Å². The summed E-state index contributed by atoms with van der Waals surface area (Å²) in [4.78, 5) is 3.40. The minimum atomic E-state index is -0.463. The summed E-state index contributed by atoms with van der Waals surface area (Å²) in [6, 6.07) is 0. The van der Waals surface area contributed by atoms with Crippen LogP contribution in [0.4, 0.5) is 0 Å². The summed E-state index contributed by atoms with van der Waals surface area (Å²) in [5, 5.41) is 0. The van der Waals surface area contributed by atoms with Crippen molar-refractivity contribution in [3.05, 3.63) is 0 Å². The van der Waals surface area contributed by atoms with E-state index in [-0.39, 0.29) is 5.54 Å². The Hall–Kier alpha value is 0.137. The topological polar surface area (TPSA) is 21.3 Å². The molecule has 0 aliphatic heterocycles. The van der Waals surface area contributed by atoms with Gasteiger partial charge >= 0.3 is 0 Å². The van der Waals surface area contributed by atoms with Crippen LogP contribution in [0.3, 0.4) is 0 Å². The van der Waals surface area contributed by atoms with Gasteiger partial charge in [-0.3, -0.25) is 0 Å². The molecule has 0 amide bonds. The Bertz CT molecular complexity index is 90.6. The smallest absolute Gasteiger partial charge is 0.236 e. The number of hydrogen-bond donors (Lipinski definition) is 1. The van der Waals surface area contributed by atoms with Gasteiger partial charge in [0, 0.05) is 12.1 Å². The van der Waals surface area contributed by atoms with Crippen LogP contribution in [0.1, 0.15) is 40.5 Å². The largest absolute Gasteiger partial charge is 0.409 e. The predicted molar refractivity (Wildman–Crippen MR) is 52.3 cm³/mol.